The van der Waals surface area contributed by atoms with Gasteiger partial charge in [-0.25, -0.2) is 9.37 Å². The highest BCUT2D eigenvalue weighted by molar-refractivity contribution is 5.76. The van der Waals surface area contributed by atoms with Crippen molar-refractivity contribution in [1.29, 1.82) is 0 Å². The molecule has 0 bridgehead atoms. The minimum atomic E-state index is -0.320. The van der Waals surface area contributed by atoms with Gasteiger partial charge < -0.3 is 24.0 Å². The topological polar surface area (TPSA) is 97.1 Å². The fourth-order valence-corrected chi connectivity index (χ4v) is 4.24. The zero-order chi connectivity index (χ0) is 23.3. The largest absolute Gasteiger partial charge is 0.497 e. The summed E-state index contributed by atoms with van der Waals surface area (Å²) in [4.78, 5) is 28.8. The van der Waals surface area contributed by atoms with Crippen molar-refractivity contribution in [3.63, 3.8) is 0 Å². The van der Waals surface area contributed by atoms with Crippen molar-refractivity contribution < 1.29 is 28.6 Å². The fourth-order valence-electron chi connectivity index (χ4n) is 4.24. The Balaban J connectivity index is 0.000000913. The van der Waals surface area contributed by atoms with E-state index in [4.69, 9.17) is 19.4 Å². The van der Waals surface area contributed by atoms with E-state index in [2.05, 4.69) is 14.5 Å². The van der Waals surface area contributed by atoms with Crippen LogP contribution in [0.3, 0.4) is 0 Å². The van der Waals surface area contributed by atoms with Gasteiger partial charge in [-0.3, -0.25) is 14.5 Å². The molecular formula is C22H29FN4O5. The van der Waals surface area contributed by atoms with Crippen molar-refractivity contribution in [2.24, 2.45) is 0 Å². The van der Waals surface area contributed by atoms with Crippen molar-refractivity contribution in [3.8, 4) is 17.1 Å². The Morgan fingerprint density at radius 1 is 1.38 bits per heavy atom. The number of carboxylic acid groups (broad SMARTS) is 1. The predicted molar refractivity (Wildman–Crippen MR) is 115 cm³/mol. The molecule has 2 aliphatic heterocycles. The Labute approximate surface area is 186 Å². The molecule has 0 aliphatic carbocycles. The summed E-state index contributed by atoms with van der Waals surface area (Å²) in [6.07, 6.45) is 4.83. The maximum absolute atomic E-state index is 14.5. The number of nitrogens with zero attached hydrogens (tertiary/aromatic N) is 4. The van der Waals surface area contributed by atoms with Gasteiger partial charge in [0, 0.05) is 51.7 Å². The number of imidazole rings is 1. The van der Waals surface area contributed by atoms with Gasteiger partial charge in [0.25, 0.3) is 6.47 Å². The van der Waals surface area contributed by atoms with Gasteiger partial charge in [0.1, 0.15) is 17.4 Å². The highest BCUT2D eigenvalue weighted by atomic mass is 19.1. The highest BCUT2D eigenvalue weighted by Gasteiger charge is 2.39. The first kappa shape index (κ1) is 23.7. The Kier molecular flexibility index (Phi) is 7.81. The van der Waals surface area contributed by atoms with Crippen molar-refractivity contribution >= 4 is 12.4 Å². The Bertz CT molecular complexity index is 935. The van der Waals surface area contributed by atoms with E-state index >= 15 is 0 Å². The molecule has 10 heteroatoms. The molecule has 4 rings (SSSR count). The van der Waals surface area contributed by atoms with Crippen LogP contribution in [0, 0.1) is 5.82 Å². The van der Waals surface area contributed by atoms with E-state index < -0.39 is 0 Å². The van der Waals surface area contributed by atoms with E-state index in [0.29, 0.717) is 36.2 Å². The standard InChI is InChI=1S/C21H27FN4O3.CH2O2/c1-24(2)20(27)10-17-12-25-11-14(8-15(25)13-29-17)26-7-6-23-21(26)18-9-16(28-3)4-5-19(18)22;2-1-3/h4-7,9,14-15,17H,8,10-13H2,1-3H3;1H,(H,2,3)/t14-,15+,17+;/m1./s1. The van der Waals surface area contributed by atoms with Gasteiger partial charge in [-0.05, 0) is 24.6 Å². The van der Waals surface area contributed by atoms with Crippen LogP contribution in [0.5, 0.6) is 5.75 Å². The van der Waals surface area contributed by atoms with Crippen molar-refractivity contribution in [2.45, 2.75) is 31.0 Å². The second-order valence-corrected chi connectivity index (χ2v) is 8.05. The van der Waals surface area contributed by atoms with Gasteiger partial charge in [-0.15, -0.1) is 0 Å². The zero-order valence-electron chi connectivity index (χ0n) is 18.5. The number of methoxy groups -OCH3 is 1. The van der Waals surface area contributed by atoms with Crippen molar-refractivity contribution in [3.05, 3.63) is 36.4 Å². The lowest BCUT2D eigenvalue weighted by Gasteiger charge is -2.35. The molecule has 1 amide bonds. The van der Waals surface area contributed by atoms with Crippen LogP contribution in [-0.2, 0) is 14.3 Å². The molecule has 1 aromatic heterocycles. The van der Waals surface area contributed by atoms with Crippen molar-refractivity contribution in [1.82, 2.24) is 19.4 Å². The van der Waals surface area contributed by atoms with Crippen LogP contribution in [0.4, 0.5) is 4.39 Å². The molecule has 0 radical (unpaired) electrons. The number of hydrogen-bond acceptors (Lipinski definition) is 6. The van der Waals surface area contributed by atoms with E-state index in [1.54, 1.807) is 44.4 Å². The van der Waals surface area contributed by atoms with Crippen LogP contribution in [-0.4, -0.2) is 89.9 Å². The number of benzene rings is 1. The van der Waals surface area contributed by atoms with Crippen LogP contribution in [0.15, 0.2) is 30.6 Å². The number of amides is 1. The SMILES string of the molecule is COc1ccc(F)c(-c2nccn2[C@@H]2C[C@H]3CO[C@@H](CC(=O)N(C)C)CN3C2)c1.O=CO. The second kappa shape index (κ2) is 10.6. The quantitative estimate of drug-likeness (QED) is 0.698. The lowest BCUT2D eigenvalue weighted by Crippen LogP contribution is -2.47. The van der Waals surface area contributed by atoms with Crippen LogP contribution >= 0.6 is 0 Å². The summed E-state index contributed by atoms with van der Waals surface area (Å²) < 4.78 is 27.7. The summed E-state index contributed by atoms with van der Waals surface area (Å²) in [5.41, 5.74) is 0.435. The molecule has 1 aromatic carbocycles. The van der Waals surface area contributed by atoms with Crippen LogP contribution in [0.25, 0.3) is 11.4 Å². The van der Waals surface area contributed by atoms with Crippen molar-refractivity contribution in [2.75, 3.05) is 40.9 Å². The van der Waals surface area contributed by atoms with Gasteiger partial charge in [0.2, 0.25) is 5.91 Å². The molecule has 3 atom stereocenters. The fraction of sp³-hybridized carbons (Fsp3) is 0.500. The van der Waals surface area contributed by atoms with Crippen LogP contribution < -0.4 is 4.74 Å². The van der Waals surface area contributed by atoms with Gasteiger partial charge >= 0.3 is 0 Å². The van der Waals surface area contributed by atoms with Crippen LogP contribution in [0.1, 0.15) is 18.9 Å². The summed E-state index contributed by atoms with van der Waals surface area (Å²) in [5, 5.41) is 6.89. The number of fused-ring (bicyclic) bond motifs is 1. The minimum absolute atomic E-state index is 0.0783. The lowest BCUT2D eigenvalue weighted by atomic mass is 10.1. The molecule has 32 heavy (non-hydrogen) atoms. The number of carbonyl (C=O) groups is 2. The number of ether oxygens (including phenoxy) is 2. The molecule has 9 nitrogen and oxygen atoms in total. The number of hydrogen-bond donors (Lipinski definition) is 1. The normalized spacial score (nSPS) is 22.4. The van der Waals surface area contributed by atoms with Crippen LogP contribution in [0.2, 0.25) is 0 Å². The molecule has 0 saturated carbocycles. The minimum Gasteiger partial charge on any atom is -0.497 e. The number of rotatable bonds is 5. The smallest absolute Gasteiger partial charge is 0.290 e. The zero-order valence-corrected chi connectivity index (χ0v) is 18.5. The third kappa shape index (κ3) is 5.25. The predicted octanol–water partition coefficient (Wildman–Crippen LogP) is 1.89. The number of halogens is 1. The number of carbonyl (C=O) groups excluding carboxylic acids is 1. The maximum Gasteiger partial charge on any atom is 0.290 e. The second-order valence-electron chi connectivity index (χ2n) is 8.05. The first-order valence-corrected chi connectivity index (χ1v) is 10.4. The average Bonchev–Trinajstić information content (AvgIpc) is 3.41. The first-order valence-electron chi connectivity index (χ1n) is 10.4. The summed E-state index contributed by atoms with van der Waals surface area (Å²) in [5.74, 6) is 0.960. The summed E-state index contributed by atoms with van der Waals surface area (Å²) in [7, 11) is 5.09. The van der Waals surface area contributed by atoms with E-state index in [-0.39, 0.29) is 30.3 Å². The molecule has 2 fully saturated rings. The molecule has 0 unspecified atom stereocenters. The third-order valence-electron chi connectivity index (χ3n) is 5.85. The van der Waals surface area contributed by atoms with Gasteiger partial charge in [-0.1, -0.05) is 0 Å². The van der Waals surface area contributed by atoms with Gasteiger partial charge in [0.05, 0.1) is 31.8 Å². The van der Waals surface area contributed by atoms with E-state index in [0.717, 1.165) is 19.5 Å². The molecule has 2 saturated heterocycles. The van der Waals surface area contributed by atoms with Gasteiger partial charge in [-0.2, -0.15) is 0 Å². The molecule has 1 N–H and O–H groups in total. The molecule has 0 spiro atoms. The van der Waals surface area contributed by atoms with Gasteiger partial charge in [0.15, 0.2) is 0 Å². The lowest BCUT2D eigenvalue weighted by molar-refractivity contribution is -0.134. The number of aromatic nitrogens is 2. The summed E-state index contributed by atoms with van der Waals surface area (Å²) >= 11 is 0. The summed E-state index contributed by atoms with van der Waals surface area (Å²) in [6, 6.07) is 5.17. The molecule has 2 aliphatic rings. The Morgan fingerprint density at radius 2 is 2.12 bits per heavy atom. The Morgan fingerprint density at radius 3 is 2.81 bits per heavy atom. The third-order valence-corrected chi connectivity index (χ3v) is 5.85. The molecule has 174 valence electrons. The van der Waals surface area contributed by atoms with E-state index in [1.165, 1.54) is 6.07 Å². The first-order chi connectivity index (χ1) is 15.4. The molecule has 2 aromatic rings. The van der Waals surface area contributed by atoms with E-state index in [9.17, 15) is 9.18 Å². The molecular weight excluding hydrogens is 419 g/mol. The van der Waals surface area contributed by atoms with E-state index in [1.807, 2.05) is 6.20 Å². The number of morpholine rings is 1. The molecule has 3 heterocycles. The highest BCUT2D eigenvalue weighted by Crippen LogP contribution is 2.35. The average molecular weight is 448 g/mol. The summed E-state index contributed by atoms with van der Waals surface area (Å²) in [6.45, 7) is 1.92. The Hall–Kier alpha value is -2.98. The maximum atomic E-state index is 14.5. The monoisotopic (exact) mass is 448 g/mol.